The van der Waals surface area contributed by atoms with Gasteiger partial charge < -0.3 is 62.0 Å². The molecule has 24 nitrogen and oxygen atoms in total. The summed E-state index contributed by atoms with van der Waals surface area (Å²) in [5.74, 6) is 1.46. The monoisotopic (exact) mass is 1990 g/mol. The Kier molecular flexibility index (Phi) is 34.0. The third-order valence-corrected chi connectivity index (χ3v) is 22.7. The number of fused-ring (bicyclic) bond motifs is 2. The molecule has 0 bridgehead atoms. The Morgan fingerprint density at radius 2 is 0.884 bits per heavy atom. The standard InChI is InChI=1S/C27H31BrN4O3.C17H21ClN2O3.C16H28BNO4.C15H19BrN2O2.C10H11BrN2.C5H3Br2N/c1-27(2,3)35-26(33)19-7-8-22-23(15-19)32(16-20-11-14-34-20)25(30-22)17-31-12-9-18(10-13-31)21-5-4-6-24(28)29-21;1-17(2,3)23-16(21)11-4-5-13-14(8-11)20(15(9-18)19-13)10-12-6-7-22-12;1-14(2,3)20-13(19)18-10-8-12(9-11-18)17-21-15(4,5)16(6,7)22-17;1-15(2,3)20-14(19)18-9-7-11(8-10-18)12-5-4-6-13(16)17-12;11-10-3-1-2-9(13-10)8-4-6-12-7-5-8;6-4-2-1-3-5(7)8-4/h4-9,15,20H,10-14,16-17H2,1-3H3;4-5,8,12H,6-7,9-10H2,1-3H3;8H,9-11H2,1-7H3;4-7H,8-10H2,1-3H3;1-4,12H,5-7H2;1-3H/t20-;12-;;;;/m00..../s1. The van der Waals surface area contributed by atoms with E-state index in [-0.39, 0.29) is 54.7 Å². The summed E-state index contributed by atoms with van der Waals surface area (Å²) >= 11 is 22.7. The number of hydrogen-bond acceptors (Lipinski definition) is 20. The number of hydrogen-bond donors (Lipinski definition) is 1. The molecule has 13 heterocycles. The lowest BCUT2D eigenvalue weighted by Gasteiger charge is -2.32. The average Bonchev–Trinajstić information content (AvgIpc) is 1.65. The summed E-state index contributed by atoms with van der Waals surface area (Å²) in [6.45, 7) is 40.6. The van der Waals surface area contributed by atoms with Crippen LogP contribution in [0.1, 0.15) is 199 Å². The highest BCUT2D eigenvalue weighted by molar-refractivity contribution is 9.11. The van der Waals surface area contributed by atoms with Gasteiger partial charge in [0.2, 0.25) is 0 Å². The van der Waals surface area contributed by atoms with Gasteiger partial charge in [-0.1, -0.05) is 48.6 Å². The van der Waals surface area contributed by atoms with Gasteiger partial charge in [-0.3, -0.25) is 4.90 Å². The van der Waals surface area contributed by atoms with Gasteiger partial charge in [0.05, 0.1) is 99.2 Å². The van der Waals surface area contributed by atoms with Crippen molar-refractivity contribution in [2.24, 2.45) is 0 Å². The molecule has 3 fully saturated rings. The molecule has 2 atom stereocenters. The number of imidazole rings is 2. The molecule has 0 saturated carbocycles. The van der Waals surface area contributed by atoms with Crippen molar-refractivity contribution in [1.29, 1.82) is 0 Å². The number of pyridine rings is 4. The number of ether oxygens (including phenoxy) is 6. The molecular weight excluding hydrogens is 1890 g/mol. The van der Waals surface area contributed by atoms with E-state index >= 15 is 0 Å². The number of nitrogens with zero attached hydrogens (tertiary/aromatic N) is 11. The highest BCUT2D eigenvalue weighted by Gasteiger charge is 2.52. The van der Waals surface area contributed by atoms with Gasteiger partial charge in [0.15, 0.2) is 0 Å². The summed E-state index contributed by atoms with van der Waals surface area (Å²) in [6, 6.07) is 34.6. The highest BCUT2D eigenvalue weighted by atomic mass is 79.9. The second-order valence-electron chi connectivity index (χ2n) is 35.1. The molecule has 15 rings (SSSR count). The molecule has 2 amide bonds. The number of halogens is 6. The normalized spacial score (nSPS) is 18.3. The first-order valence-electron chi connectivity index (χ1n) is 41.0. The van der Waals surface area contributed by atoms with Crippen LogP contribution in [0.3, 0.4) is 0 Å². The molecular formula is C90H113BBr5ClN12O12. The largest absolute Gasteiger partial charge is 0.490 e. The molecule has 1 N–H and O–H groups in total. The number of alkyl halides is 1. The molecule has 31 heteroatoms. The number of aromatic nitrogens is 8. The minimum atomic E-state index is -0.538. The van der Waals surface area contributed by atoms with Gasteiger partial charge in [-0.25, -0.2) is 49.1 Å². The topological polar surface area (TPSA) is 251 Å². The molecule has 7 aliphatic heterocycles. The fourth-order valence-corrected chi connectivity index (χ4v) is 15.4. The zero-order valence-corrected chi connectivity index (χ0v) is 80.8. The van der Waals surface area contributed by atoms with Gasteiger partial charge in [0, 0.05) is 59.0 Å². The van der Waals surface area contributed by atoms with Crippen LogP contribution in [0.2, 0.25) is 0 Å². The molecule has 6 aromatic heterocycles. The number of amides is 2. The van der Waals surface area contributed by atoms with Crippen LogP contribution in [-0.4, -0.2) is 196 Å². The molecule has 3 saturated heterocycles. The van der Waals surface area contributed by atoms with Gasteiger partial charge in [-0.2, -0.15) is 0 Å². The number of nitrogens with one attached hydrogen (secondary N) is 1. The molecule has 0 aliphatic carbocycles. The van der Waals surface area contributed by atoms with Crippen LogP contribution in [0.5, 0.6) is 0 Å². The Labute approximate surface area is 759 Å². The van der Waals surface area contributed by atoms with Gasteiger partial charge in [0.1, 0.15) is 57.1 Å². The maximum atomic E-state index is 12.7. The first kappa shape index (κ1) is 96.2. The molecule has 8 aromatic rings. The van der Waals surface area contributed by atoms with Crippen molar-refractivity contribution in [3.05, 3.63) is 202 Å². The average molecular weight is 2000 g/mol. The molecule has 121 heavy (non-hydrogen) atoms. The number of benzene rings is 2. The predicted octanol–water partition coefficient (Wildman–Crippen LogP) is 20.6. The van der Waals surface area contributed by atoms with Gasteiger partial charge >= 0.3 is 31.2 Å². The van der Waals surface area contributed by atoms with Crippen LogP contribution >= 0.6 is 91.3 Å². The molecule has 0 spiro atoms. The lowest BCUT2D eigenvalue weighted by Crippen LogP contribution is -2.41. The Hall–Kier alpha value is -7.07. The molecule has 2 aromatic carbocycles. The Balaban J connectivity index is 0.000000159. The van der Waals surface area contributed by atoms with Crippen molar-refractivity contribution in [2.45, 2.75) is 221 Å². The van der Waals surface area contributed by atoms with Crippen LogP contribution in [0.15, 0.2) is 162 Å². The van der Waals surface area contributed by atoms with E-state index in [0.29, 0.717) is 49.7 Å². The molecule has 0 radical (unpaired) electrons. The fraction of sp³-hybridized carbons (Fsp3) is 0.489. The van der Waals surface area contributed by atoms with Crippen molar-refractivity contribution in [1.82, 2.24) is 59.1 Å². The third kappa shape index (κ3) is 29.3. The maximum Gasteiger partial charge on any atom is 0.490 e. The highest BCUT2D eigenvalue weighted by Crippen LogP contribution is 2.40. The van der Waals surface area contributed by atoms with E-state index in [4.69, 9.17) is 54.3 Å². The van der Waals surface area contributed by atoms with Crippen LogP contribution in [0.4, 0.5) is 9.59 Å². The molecule has 7 aliphatic rings. The second kappa shape index (κ2) is 42.7. The van der Waals surface area contributed by atoms with E-state index in [1.165, 1.54) is 16.7 Å². The van der Waals surface area contributed by atoms with E-state index in [2.05, 4.69) is 144 Å². The van der Waals surface area contributed by atoms with E-state index in [1.54, 1.807) is 21.9 Å². The van der Waals surface area contributed by atoms with Crippen LogP contribution in [0.25, 0.3) is 38.8 Å². The molecule has 650 valence electrons. The number of carbonyl (C=O) groups is 4. The number of rotatable bonds is 13. The first-order chi connectivity index (χ1) is 57.0. The van der Waals surface area contributed by atoms with Gasteiger partial charge in [-0.15, -0.1) is 11.6 Å². The lowest BCUT2D eigenvalue weighted by atomic mass is 9.75. The van der Waals surface area contributed by atoms with Gasteiger partial charge in [-0.05, 0) is 343 Å². The predicted molar refractivity (Wildman–Crippen MR) is 494 cm³/mol. The lowest BCUT2D eigenvalue weighted by molar-refractivity contribution is -0.0592. The smallest absolute Gasteiger partial charge is 0.456 e. The van der Waals surface area contributed by atoms with E-state index in [1.807, 2.05) is 212 Å². The number of esters is 2. The van der Waals surface area contributed by atoms with Crippen LogP contribution < -0.4 is 5.32 Å². The summed E-state index contributed by atoms with van der Waals surface area (Å²) in [5.41, 5.74) is 9.96. The van der Waals surface area contributed by atoms with Crippen molar-refractivity contribution >= 4 is 161 Å². The van der Waals surface area contributed by atoms with E-state index in [0.717, 1.165) is 170 Å². The van der Waals surface area contributed by atoms with E-state index in [9.17, 15) is 19.2 Å². The maximum absolute atomic E-state index is 12.7. The summed E-state index contributed by atoms with van der Waals surface area (Å²) in [4.78, 5) is 81.8. The zero-order valence-electron chi connectivity index (χ0n) is 72.2. The second-order valence-corrected chi connectivity index (χ2v) is 39.4. The first-order valence-corrected chi connectivity index (χ1v) is 45.5. The fourth-order valence-electron chi connectivity index (χ4n) is 13.2. The minimum Gasteiger partial charge on any atom is -0.456 e. The molecule has 0 unspecified atom stereocenters. The Morgan fingerprint density at radius 3 is 1.23 bits per heavy atom. The summed E-state index contributed by atoms with van der Waals surface area (Å²) < 4.78 is 53.7. The summed E-state index contributed by atoms with van der Waals surface area (Å²) in [5, 5.41) is 3.28. The summed E-state index contributed by atoms with van der Waals surface area (Å²) in [7, 11) is -0.314. The van der Waals surface area contributed by atoms with E-state index < -0.39 is 22.4 Å². The Morgan fingerprint density at radius 1 is 0.488 bits per heavy atom. The van der Waals surface area contributed by atoms with Crippen LogP contribution in [-0.2, 0) is 63.2 Å². The summed E-state index contributed by atoms with van der Waals surface area (Å²) in [6.07, 6.45) is 14.0. The van der Waals surface area contributed by atoms with Crippen molar-refractivity contribution in [2.75, 3.05) is 65.6 Å². The van der Waals surface area contributed by atoms with Crippen molar-refractivity contribution < 1.29 is 56.9 Å². The van der Waals surface area contributed by atoms with Crippen molar-refractivity contribution in [3.63, 3.8) is 0 Å². The number of carbonyl (C=O) groups excluding carboxylic acids is 4. The van der Waals surface area contributed by atoms with Crippen LogP contribution in [0, 0.1) is 0 Å². The minimum absolute atomic E-state index is 0.187. The van der Waals surface area contributed by atoms with Gasteiger partial charge in [0.25, 0.3) is 0 Å². The Bertz CT molecular complexity index is 5030. The zero-order chi connectivity index (χ0) is 87.8. The SMILES string of the molecule is Brc1cccc(Br)n1.Brc1cccc(C2=CCNCC2)n1.CC(C)(C)OC(=O)N1CC=C(B2OC(C)(C)C(C)(C)O2)CC1.CC(C)(C)OC(=O)N1CC=C(c2cccc(Br)n2)CC1.CC(C)(C)OC(=O)c1ccc2nc(CCl)n(C[C@@H]3CCO3)c2c1.CC(C)(C)OC(=O)c1ccc2nc(CN3CC=C(c4cccc(Br)n4)CC3)n(C[C@@H]3CCO3)c2c1. The van der Waals surface area contributed by atoms with Crippen molar-refractivity contribution in [3.8, 4) is 0 Å². The third-order valence-electron chi connectivity index (χ3n) is 20.3. The quantitative estimate of drug-likeness (QED) is 0.0370.